The summed E-state index contributed by atoms with van der Waals surface area (Å²) in [5, 5.41) is 2.79. The van der Waals surface area contributed by atoms with Crippen molar-refractivity contribution in [1.29, 1.82) is 0 Å². The normalized spacial score (nSPS) is 10.1. The molecule has 18 heavy (non-hydrogen) atoms. The molecule has 2 rings (SSSR count). The number of aromatic nitrogens is 1. The molecule has 0 fully saturated rings. The lowest BCUT2D eigenvalue weighted by Crippen LogP contribution is -2.14. The molecule has 0 bridgehead atoms. The Bertz CT molecular complexity index is 569. The van der Waals surface area contributed by atoms with E-state index < -0.39 is 0 Å². The summed E-state index contributed by atoms with van der Waals surface area (Å²) in [5.41, 5.74) is 1.73. The van der Waals surface area contributed by atoms with Gasteiger partial charge in [-0.3, -0.25) is 4.79 Å². The zero-order chi connectivity index (χ0) is 13.0. The summed E-state index contributed by atoms with van der Waals surface area (Å²) in [6, 6.07) is 13.0. The van der Waals surface area contributed by atoms with Gasteiger partial charge < -0.3 is 5.32 Å². The molecule has 1 N–H and O–H groups in total. The number of amides is 1. The molecule has 0 radical (unpaired) electrons. The number of halogens is 1. The third kappa shape index (κ3) is 2.96. The Morgan fingerprint density at radius 3 is 2.72 bits per heavy atom. The zero-order valence-electron chi connectivity index (χ0n) is 9.98. The summed E-state index contributed by atoms with van der Waals surface area (Å²) >= 11 is 3.27. The summed E-state index contributed by atoms with van der Waals surface area (Å²) in [4.78, 5) is 16.3. The number of hydrogen-bond acceptors (Lipinski definition) is 2. The lowest BCUT2D eigenvalue weighted by molar-refractivity contribution is 0.102. The lowest BCUT2D eigenvalue weighted by atomic mass is 10.0. The van der Waals surface area contributed by atoms with Crippen LogP contribution in [0.15, 0.2) is 47.1 Å². The molecule has 1 amide bonds. The van der Waals surface area contributed by atoms with E-state index in [1.54, 1.807) is 6.07 Å². The smallest absolute Gasteiger partial charge is 0.257 e. The lowest BCUT2D eigenvalue weighted by Gasteiger charge is -2.08. The molecular formula is C14H13BrN2O. The molecule has 1 aromatic heterocycles. The number of nitrogens with one attached hydrogen (secondary N) is 1. The fraction of sp³-hybridized carbons (Fsp3) is 0.143. The Balaban J connectivity index is 2.22. The van der Waals surface area contributed by atoms with E-state index in [0.717, 1.165) is 12.0 Å². The first-order valence-electron chi connectivity index (χ1n) is 5.72. The van der Waals surface area contributed by atoms with Crippen LogP contribution in [0.5, 0.6) is 0 Å². The minimum atomic E-state index is -0.127. The third-order valence-corrected chi connectivity index (χ3v) is 3.04. The summed E-state index contributed by atoms with van der Waals surface area (Å²) in [7, 11) is 0. The standard InChI is InChI=1S/C14H13BrN2O/c1-2-10-6-3-4-7-11(10)14(18)17-13-9-5-8-12(15)16-13/h3-9H,2H2,1H3,(H,16,17,18). The number of rotatable bonds is 3. The van der Waals surface area contributed by atoms with Gasteiger partial charge in [-0.2, -0.15) is 0 Å². The van der Waals surface area contributed by atoms with Gasteiger partial charge in [-0.05, 0) is 46.1 Å². The summed E-state index contributed by atoms with van der Waals surface area (Å²) in [5.74, 6) is 0.415. The second-order valence-corrected chi connectivity index (χ2v) is 4.62. The van der Waals surface area contributed by atoms with Gasteiger partial charge in [0.2, 0.25) is 0 Å². The number of carbonyl (C=O) groups is 1. The van der Waals surface area contributed by atoms with Crippen molar-refractivity contribution in [2.45, 2.75) is 13.3 Å². The fourth-order valence-corrected chi connectivity index (χ4v) is 2.06. The van der Waals surface area contributed by atoms with Crippen molar-refractivity contribution in [3.05, 3.63) is 58.2 Å². The van der Waals surface area contributed by atoms with Crippen molar-refractivity contribution >= 4 is 27.7 Å². The van der Waals surface area contributed by atoms with Crippen LogP contribution >= 0.6 is 15.9 Å². The highest BCUT2D eigenvalue weighted by Gasteiger charge is 2.10. The van der Waals surface area contributed by atoms with E-state index in [1.165, 1.54) is 0 Å². The van der Waals surface area contributed by atoms with Crippen molar-refractivity contribution in [3.8, 4) is 0 Å². The molecule has 92 valence electrons. The van der Waals surface area contributed by atoms with Gasteiger partial charge in [-0.25, -0.2) is 4.98 Å². The summed E-state index contributed by atoms with van der Waals surface area (Å²) in [6.07, 6.45) is 0.829. The summed E-state index contributed by atoms with van der Waals surface area (Å²) in [6.45, 7) is 2.03. The van der Waals surface area contributed by atoms with Crippen LogP contribution in [-0.4, -0.2) is 10.9 Å². The molecule has 0 aliphatic heterocycles. The topological polar surface area (TPSA) is 42.0 Å². The molecule has 1 heterocycles. The molecule has 3 nitrogen and oxygen atoms in total. The van der Waals surface area contributed by atoms with Gasteiger partial charge in [-0.1, -0.05) is 31.2 Å². The Kier molecular flexibility index (Phi) is 4.10. The van der Waals surface area contributed by atoms with E-state index in [4.69, 9.17) is 0 Å². The number of pyridine rings is 1. The SMILES string of the molecule is CCc1ccccc1C(=O)Nc1cccc(Br)n1. The number of aryl methyl sites for hydroxylation is 1. The molecule has 1 aromatic carbocycles. The van der Waals surface area contributed by atoms with Gasteiger partial charge in [0.25, 0.3) is 5.91 Å². The minimum absolute atomic E-state index is 0.127. The van der Waals surface area contributed by atoms with Crippen molar-refractivity contribution in [2.24, 2.45) is 0 Å². The van der Waals surface area contributed by atoms with Crippen LogP contribution in [0.4, 0.5) is 5.82 Å². The Labute approximate surface area is 114 Å². The van der Waals surface area contributed by atoms with Crippen molar-refractivity contribution in [3.63, 3.8) is 0 Å². The number of benzene rings is 1. The molecule has 0 saturated carbocycles. The third-order valence-electron chi connectivity index (χ3n) is 2.60. The van der Waals surface area contributed by atoms with Crippen LogP contribution in [0, 0.1) is 0 Å². The minimum Gasteiger partial charge on any atom is -0.307 e. The molecule has 0 atom stereocenters. The van der Waals surface area contributed by atoms with E-state index in [0.29, 0.717) is 16.0 Å². The highest BCUT2D eigenvalue weighted by atomic mass is 79.9. The first kappa shape index (κ1) is 12.8. The van der Waals surface area contributed by atoms with Crippen molar-refractivity contribution in [1.82, 2.24) is 4.98 Å². The molecule has 0 unspecified atom stereocenters. The van der Waals surface area contributed by atoms with E-state index >= 15 is 0 Å². The van der Waals surface area contributed by atoms with Gasteiger partial charge in [0.1, 0.15) is 10.4 Å². The number of anilines is 1. The maximum Gasteiger partial charge on any atom is 0.257 e. The van der Waals surface area contributed by atoms with Gasteiger partial charge in [0.15, 0.2) is 0 Å². The maximum atomic E-state index is 12.1. The van der Waals surface area contributed by atoms with Gasteiger partial charge >= 0.3 is 0 Å². The van der Waals surface area contributed by atoms with Gasteiger partial charge in [-0.15, -0.1) is 0 Å². The first-order chi connectivity index (χ1) is 8.70. The Hall–Kier alpha value is -1.68. The van der Waals surface area contributed by atoms with Crippen LogP contribution in [0.1, 0.15) is 22.8 Å². The van der Waals surface area contributed by atoms with Crippen LogP contribution in [0.2, 0.25) is 0 Å². The van der Waals surface area contributed by atoms with Crippen LogP contribution in [0.3, 0.4) is 0 Å². The van der Waals surface area contributed by atoms with E-state index in [-0.39, 0.29) is 5.91 Å². The second kappa shape index (κ2) is 5.78. The first-order valence-corrected chi connectivity index (χ1v) is 6.52. The predicted molar refractivity (Wildman–Crippen MR) is 75.7 cm³/mol. The van der Waals surface area contributed by atoms with Gasteiger partial charge in [0.05, 0.1) is 0 Å². The average molecular weight is 305 g/mol. The van der Waals surface area contributed by atoms with Crippen LogP contribution in [-0.2, 0) is 6.42 Å². The number of hydrogen-bond donors (Lipinski definition) is 1. The Morgan fingerprint density at radius 2 is 2.00 bits per heavy atom. The Morgan fingerprint density at radius 1 is 1.22 bits per heavy atom. The van der Waals surface area contributed by atoms with Crippen molar-refractivity contribution < 1.29 is 4.79 Å². The van der Waals surface area contributed by atoms with Crippen molar-refractivity contribution in [2.75, 3.05) is 5.32 Å². The maximum absolute atomic E-state index is 12.1. The van der Waals surface area contributed by atoms with Crippen LogP contribution in [0.25, 0.3) is 0 Å². The van der Waals surface area contributed by atoms with Gasteiger partial charge in [0, 0.05) is 5.56 Å². The predicted octanol–water partition coefficient (Wildman–Crippen LogP) is 3.66. The molecule has 4 heteroatoms. The molecule has 0 aliphatic carbocycles. The quantitative estimate of drug-likeness (QED) is 0.879. The highest BCUT2D eigenvalue weighted by molar-refractivity contribution is 9.10. The number of nitrogens with zero attached hydrogens (tertiary/aromatic N) is 1. The monoisotopic (exact) mass is 304 g/mol. The second-order valence-electron chi connectivity index (χ2n) is 3.81. The number of carbonyl (C=O) groups excluding carboxylic acids is 1. The van der Waals surface area contributed by atoms with Crippen LogP contribution < -0.4 is 5.32 Å². The molecule has 0 saturated heterocycles. The van der Waals surface area contributed by atoms with E-state index in [1.807, 2.05) is 43.3 Å². The summed E-state index contributed by atoms with van der Waals surface area (Å²) < 4.78 is 0.698. The van der Waals surface area contributed by atoms with E-state index in [2.05, 4.69) is 26.2 Å². The van der Waals surface area contributed by atoms with E-state index in [9.17, 15) is 4.79 Å². The molecular weight excluding hydrogens is 292 g/mol. The highest BCUT2D eigenvalue weighted by Crippen LogP contribution is 2.14. The average Bonchev–Trinajstić information content (AvgIpc) is 2.38. The molecule has 0 spiro atoms. The molecule has 2 aromatic rings. The zero-order valence-corrected chi connectivity index (χ0v) is 11.6. The largest absolute Gasteiger partial charge is 0.307 e. The fourth-order valence-electron chi connectivity index (χ4n) is 1.71. The molecule has 0 aliphatic rings.